The topological polar surface area (TPSA) is 60.9 Å². The minimum Gasteiger partial charge on any atom is -0.480 e. The van der Waals surface area contributed by atoms with Crippen molar-refractivity contribution < 1.29 is 14.7 Å². The van der Waals surface area contributed by atoms with Crippen LogP contribution in [0.1, 0.15) is 27.7 Å². The van der Waals surface area contributed by atoms with E-state index in [4.69, 9.17) is 5.11 Å². The molecule has 0 unspecified atom stereocenters. The van der Waals surface area contributed by atoms with E-state index in [0.29, 0.717) is 26.2 Å². The Balaban J connectivity index is 2.52. The van der Waals surface area contributed by atoms with E-state index >= 15 is 0 Å². The Hall–Kier alpha value is -1.10. The summed E-state index contributed by atoms with van der Waals surface area (Å²) in [5.74, 6) is -0.666. The lowest BCUT2D eigenvalue weighted by molar-refractivity contribution is -0.145. The Morgan fingerprint density at radius 3 is 1.94 bits per heavy atom. The van der Waals surface area contributed by atoms with Crippen molar-refractivity contribution >= 4 is 11.9 Å². The molecule has 1 aliphatic rings. The molecule has 1 rings (SSSR count). The number of carboxylic acid groups (broad SMARTS) is 1. The second-order valence-electron chi connectivity index (χ2n) is 5.59. The number of carbonyl (C=O) groups is 2. The molecule has 1 N–H and O–H groups in total. The predicted molar refractivity (Wildman–Crippen MR) is 64.7 cm³/mol. The fourth-order valence-electron chi connectivity index (χ4n) is 1.94. The van der Waals surface area contributed by atoms with Crippen LogP contribution in [0.2, 0.25) is 0 Å². The van der Waals surface area contributed by atoms with Crippen LogP contribution in [0.3, 0.4) is 0 Å². The van der Waals surface area contributed by atoms with Crippen molar-refractivity contribution in [3.63, 3.8) is 0 Å². The van der Waals surface area contributed by atoms with Crippen LogP contribution in [-0.4, -0.2) is 59.0 Å². The van der Waals surface area contributed by atoms with Crippen molar-refractivity contribution in [1.29, 1.82) is 0 Å². The average Bonchev–Trinajstić information content (AvgIpc) is 2.26. The fraction of sp³-hybridized carbons (Fsp3) is 0.833. The Morgan fingerprint density at radius 1 is 1.12 bits per heavy atom. The second-order valence-corrected chi connectivity index (χ2v) is 5.59. The van der Waals surface area contributed by atoms with Gasteiger partial charge in [0.2, 0.25) is 5.91 Å². The van der Waals surface area contributed by atoms with Gasteiger partial charge in [0.05, 0.1) is 0 Å². The van der Waals surface area contributed by atoms with Gasteiger partial charge < -0.3 is 10.0 Å². The predicted octanol–water partition coefficient (Wildman–Crippen LogP) is 0.650. The van der Waals surface area contributed by atoms with Gasteiger partial charge in [0, 0.05) is 31.6 Å². The lowest BCUT2D eigenvalue weighted by atomic mass is 9.94. The van der Waals surface area contributed by atoms with Gasteiger partial charge in [0.1, 0.15) is 6.04 Å². The SMILES string of the molecule is C[C@H](C(=O)O)N1CCN(C(=O)C(C)(C)C)CC1. The first-order chi connectivity index (χ1) is 7.73. The van der Waals surface area contributed by atoms with Gasteiger partial charge in [-0.1, -0.05) is 20.8 Å². The van der Waals surface area contributed by atoms with Gasteiger partial charge in [-0.2, -0.15) is 0 Å². The van der Waals surface area contributed by atoms with Crippen LogP contribution in [0.15, 0.2) is 0 Å². The molecule has 5 nitrogen and oxygen atoms in total. The number of rotatable bonds is 2. The summed E-state index contributed by atoms with van der Waals surface area (Å²) in [6.45, 7) is 9.90. The number of nitrogens with zero attached hydrogens (tertiary/aromatic N) is 2. The molecule has 0 aromatic heterocycles. The zero-order valence-electron chi connectivity index (χ0n) is 11.1. The van der Waals surface area contributed by atoms with Crippen LogP contribution in [0.4, 0.5) is 0 Å². The average molecular weight is 242 g/mol. The first-order valence-corrected chi connectivity index (χ1v) is 5.99. The van der Waals surface area contributed by atoms with Gasteiger partial charge in [-0.25, -0.2) is 0 Å². The summed E-state index contributed by atoms with van der Waals surface area (Å²) < 4.78 is 0. The first-order valence-electron chi connectivity index (χ1n) is 5.99. The van der Waals surface area contributed by atoms with Crippen molar-refractivity contribution in [3.05, 3.63) is 0 Å². The second kappa shape index (κ2) is 5.04. The minimum atomic E-state index is -0.805. The summed E-state index contributed by atoms with van der Waals surface area (Å²) in [6.07, 6.45) is 0. The fourth-order valence-corrected chi connectivity index (χ4v) is 1.94. The zero-order valence-corrected chi connectivity index (χ0v) is 11.1. The lowest BCUT2D eigenvalue weighted by Gasteiger charge is -2.39. The summed E-state index contributed by atoms with van der Waals surface area (Å²) in [6, 6.07) is -0.470. The third-order valence-electron chi connectivity index (χ3n) is 3.15. The molecule has 1 heterocycles. The molecule has 0 saturated carbocycles. The lowest BCUT2D eigenvalue weighted by Crippen LogP contribution is -2.54. The van der Waals surface area contributed by atoms with Gasteiger partial charge >= 0.3 is 5.97 Å². The molecule has 98 valence electrons. The zero-order chi connectivity index (χ0) is 13.2. The van der Waals surface area contributed by atoms with Crippen LogP contribution in [0, 0.1) is 5.41 Å². The van der Waals surface area contributed by atoms with E-state index in [1.165, 1.54) is 0 Å². The largest absolute Gasteiger partial charge is 0.480 e. The number of aliphatic carboxylic acids is 1. The number of amides is 1. The molecule has 0 spiro atoms. The Bertz CT molecular complexity index is 301. The molecule has 0 radical (unpaired) electrons. The molecule has 1 fully saturated rings. The van der Waals surface area contributed by atoms with E-state index in [0.717, 1.165) is 0 Å². The molecule has 0 aromatic rings. The van der Waals surface area contributed by atoms with E-state index < -0.39 is 12.0 Å². The third kappa shape index (κ3) is 3.43. The van der Waals surface area contributed by atoms with Crippen molar-refractivity contribution in [1.82, 2.24) is 9.80 Å². The Kier molecular flexibility index (Phi) is 4.14. The standard InChI is InChI=1S/C12H22N2O3/c1-9(10(15)16)13-5-7-14(8-6-13)11(17)12(2,3)4/h9H,5-8H2,1-4H3,(H,15,16)/t9-/m1/s1. The Labute approximate surface area is 102 Å². The summed E-state index contributed by atoms with van der Waals surface area (Å²) in [4.78, 5) is 26.6. The van der Waals surface area contributed by atoms with Crippen molar-refractivity contribution in [2.24, 2.45) is 5.41 Å². The molecular weight excluding hydrogens is 220 g/mol. The van der Waals surface area contributed by atoms with E-state index in [1.807, 2.05) is 30.6 Å². The van der Waals surface area contributed by atoms with Crippen LogP contribution in [0.5, 0.6) is 0 Å². The highest BCUT2D eigenvalue weighted by atomic mass is 16.4. The van der Waals surface area contributed by atoms with Crippen LogP contribution >= 0.6 is 0 Å². The molecule has 1 aliphatic heterocycles. The molecule has 0 aliphatic carbocycles. The van der Waals surface area contributed by atoms with Crippen molar-refractivity contribution in [2.45, 2.75) is 33.7 Å². The molecular formula is C12H22N2O3. The summed E-state index contributed by atoms with van der Waals surface area (Å²) in [5.41, 5.74) is -0.361. The number of carboxylic acids is 1. The van der Waals surface area contributed by atoms with Gasteiger partial charge in [-0.3, -0.25) is 14.5 Å². The van der Waals surface area contributed by atoms with Crippen LogP contribution < -0.4 is 0 Å². The van der Waals surface area contributed by atoms with E-state index in [2.05, 4.69) is 0 Å². The molecule has 1 amide bonds. The molecule has 1 saturated heterocycles. The molecule has 0 bridgehead atoms. The summed E-state index contributed by atoms with van der Waals surface area (Å²) >= 11 is 0. The van der Waals surface area contributed by atoms with Gasteiger partial charge in [-0.15, -0.1) is 0 Å². The highest BCUT2D eigenvalue weighted by Crippen LogP contribution is 2.19. The number of hydrogen-bond acceptors (Lipinski definition) is 3. The Morgan fingerprint density at radius 2 is 1.59 bits per heavy atom. The monoisotopic (exact) mass is 242 g/mol. The quantitative estimate of drug-likeness (QED) is 0.772. The number of hydrogen-bond donors (Lipinski definition) is 1. The van der Waals surface area contributed by atoms with E-state index in [9.17, 15) is 9.59 Å². The first kappa shape index (κ1) is 14.0. The molecule has 0 aromatic carbocycles. The van der Waals surface area contributed by atoms with Crippen molar-refractivity contribution in [2.75, 3.05) is 26.2 Å². The molecule has 5 heteroatoms. The molecule has 1 atom stereocenters. The normalized spacial score (nSPS) is 20.1. The highest BCUT2D eigenvalue weighted by molar-refractivity contribution is 5.81. The van der Waals surface area contributed by atoms with Gasteiger partial charge in [-0.05, 0) is 6.92 Å². The maximum atomic E-state index is 12.0. The van der Waals surface area contributed by atoms with Crippen LogP contribution in [0.25, 0.3) is 0 Å². The summed E-state index contributed by atoms with van der Waals surface area (Å²) in [7, 11) is 0. The maximum Gasteiger partial charge on any atom is 0.320 e. The summed E-state index contributed by atoms with van der Waals surface area (Å²) in [5, 5.41) is 8.92. The number of carbonyl (C=O) groups excluding carboxylic acids is 1. The minimum absolute atomic E-state index is 0.139. The van der Waals surface area contributed by atoms with Crippen molar-refractivity contribution in [3.8, 4) is 0 Å². The highest BCUT2D eigenvalue weighted by Gasteiger charge is 2.31. The van der Waals surface area contributed by atoms with E-state index in [-0.39, 0.29) is 11.3 Å². The third-order valence-corrected chi connectivity index (χ3v) is 3.15. The van der Waals surface area contributed by atoms with Gasteiger partial charge in [0.15, 0.2) is 0 Å². The van der Waals surface area contributed by atoms with Crippen LogP contribution in [-0.2, 0) is 9.59 Å². The van der Waals surface area contributed by atoms with E-state index in [1.54, 1.807) is 6.92 Å². The molecule has 17 heavy (non-hydrogen) atoms. The van der Waals surface area contributed by atoms with Gasteiger partial charge in [0.25, 0.3) is 0 Å². The number of piperazine rings is 1. The smallest absolute Gasteiger partial charge is 0.320 e. The maximum absolute atomic E-state index is 12.0.